The quantitative estimate of drug-likeness (QED) is 0.607. The molecule has 0 aliphatic carbocycles. The predicted octanol–water partition coefficient (Wildman–Crippen LogP) is 4.01. The molecule has 1 aliphatic rings. The van der Waals surface area contributed by atoms with E-state index in [0.717, 1.165) is 12.0 Å². The minimum absolute atomic E-state index is 0.00250. The smallest absolute Gasteiger partial charge is 0.353 e. The predicted molar refractivity (Wildman–Crippen MR) is 107 cm³/mol. The van der Waals surface area contributed by atoms with E-state index in [1.54, 1.807) is 6.20 Å². The van der Waals surface area contributed by atoms with E-state index >= 15 is 0 Å². The fourth-order valence-corrected chi connectivity index (χ4v) is 3.71. The second-order valence-corrected chi connectivity index (χ2v) is 7.52. The maximum Gasteiger partial charge on any atom is 0.353 e. The van der Waals surface area contributed by atoms with Crippen molar-refractivity contribution >= 4 is 11.1 Å². The Hall–Kier alpha value is -2.51. The number of rotatable bonds is 7. The van der Waals surface area contributed by atoms with Crippen LogP contribution >= 0.6 is 0 Å². The number of fused-ring (bicyclic) bond motifs is 1. The first kappa shape index (κ1) is 19.8. The highest BCUT2D eigenvalue weighted by atomic mass is 19.1. The lowest BCUT2D eigenvalue weighted by Crippen LogP contribution is -2.27. The molecule has 3 aromatic rings. The Bertz CT molecular complexity index is 1030. The number of ether oxygens (including phenoxy) is 1. The number of aliphatic hydroxyl groups excluding tert-OH is 1. The van der Waals surface area contributed by atoms with E-state index in [2.05, 4.69) is 24.0 Å². The van der Waals surface area contributed by atoms with Crippen LogP contribution in [0.3, 0.4) is 0 Å². The third-order valence-corrected chi connectivity index (χ3v) is 5.40. The van der Waals surface area contributed by atoms with Crippen LogP contribution < -0.4 is 5.69 Å². The summed E-state index contributed by atoms with van der Waals surface area (Å²) in [6.07, 6.45) is 3.22. The second-order valence-electron chi connectivity index (χ2n) is 7.52. The second kappa shape index (κ2) is 8.47. The minimum Gasteiger partial charge on any atom is -0.437 e. The van der Waals surface area contributed by atoms with E-state index in [4.69, 9.17) is 14.3 Å². The van der Waals surface area contributed by atoms with Gasteiger partial charge in [-0.1, -0.05) is 44.0 Å². The monoisotopic (exact) mass is 400 g/mol. The topological polar surface area (TPSA) is 77.5 Å². The van der Waals surface area contributed by atoms with Gasteiger partial charge in [-0.25, -0.2) is 9.18 Å². The molecule has 3 atom stereocenters. The van der Waals surface area contributed by atoms with Crippen molar-refractivity contribution in [1.29, 1.82) is 0 Å². The number of nitrogens with zero attached hydrogens (tertiary/aromatic N) is 2. The zero-order chi connectivity index (χ0) is 20.4. The largest absolute Gasteiger partial charge is 0.437 e. The Morgan fingerprint density at radius 1 is 1.28 bits per heavy atom. The number of aliphatic hydroxyl groups is 1. The number of halogens is 1. The Morgan fingerprint density at radius 2 is 2.07 bits per heavy atom. The van der Waals surface area contributed by atoms with Crippen molar-refractivity contribution in [1.82, 2.24) is 9.55 Å². The van der Waals surface area contributed by atoms with Gasteiger partial charge in [0.15, 0.2) is 0 Å². The van der Waals surface area contributed by atoms with Gasteiger partial charge in [0.05, 0.1) is 12.0 Å². The highest BCUT2D eigenvalue weighted by Crippen LogP contribution is 2.31. The molecular formula is C22H25FN2O4. The van der Waals surface area contributed by atoms with Crippen molar-refractivity contribution < 1.29 is 18.7 Å². The van der Waals surface area contributed by atoms with Gasteiger partial charge < -0.3 is 14.3 Å². The van der Waals surface area contributed by atoms with Crippen molar-refractivity contribution in [3.63, 3.8) is 0 Å². The molecule has 0 radical (unpaired) electrons. The SMILES string of the molecule is CCCCCc1ccc(-c2cc3cn(C4C[C@H](F)[C@@H](CO)O4)c(=O)nc3o2)cc1. The normalized spacial score (nSPS) is 21.8. The molecule has 29 heavy (non-hydrogen) atoms. The fourth-order valence-electron chi connectivity index (χ4n) is 3.71. The lowest BCUT2D eigenvalue weighted by molar-refractivity contribution is -0.0353. The van der Waals surface area contributed by atoms with E-state index in [0.29, 0.717) is 11.1 Å². The first-order valence-corrected chi connectivity index (χ1v) is 10.1. The van der Waals surface area contributed by atoms with Crippen molar-refractivity contribution in [2.75, 3.05) is 6.61 Å². The number of benzene rings is 1. The standard InChI is InChI=1S/C22H25FN2O4/c1-2-3-4-5-14-6-8-15(9-7-14)18-10-16-12-25(22(27)24-21(16)29-18)20-11-17(23)19(13-26)28-20/h6-10,12,17,19-20,26H,2-5,11,13H2,1H3/t17-,19+,20?/m0/s1. The summed E-state index contributed by atoms with van der Waals surface area (Å²) in [7, 11) is 0. The molecule has 7 heteroatoms. The molecule has 0 spiro atoms. The number of hydrogen-bond donors (Lipinski definition) is 1. The van der Waals surface area contributed by atoms with Crippen LogP contribution in [0.1, 0.15) is 44.4 Å². The molecule has 1 unspecified atom stereocenters. The highest BCUT2D eigenvalue weighted by molar-refractivity contribution is 5.79. The van der Waals surface area contributed by atoms with Gasteiger partial charge in [-0.2, -0.15) is 4.98 Å². The van der Waals surface area contributed by atoms with Crippen LogP contribution in [-0.4, -0.2) is 33.5 Å². The summed E-state index contributed by atoms with van der Waals surface area (Å²) in [5.74, 6) is 0.619. The van der Waals surface area contributed by atoms with Gasteiger partial charge in [-0.15, -0.1) is 0 Å². The summed E-state index contributed by atoms with van der Waals surface area (Å²) in [4.78, 5) is 16.3. The third kappa shape index (κ3) is 4.11. The summed E-state index contributed by atoms with van der Waals surface area (Å²) < 4.78 is 26.4. The lowest BCUT2D eigenvalue weighted by Gasteiger charge is -2.13. The molecule has 1 aliphatic heterocycles. The minimum atomic E-state index is -1.32. The van der Waals surface area contributed by atoms with E-state index in [-0.39, 0.29) is 12.1 Å². The maximum atomic E-state index is 13.9. The first-order valence-electron chi connectivity index (χ1n) is 10.1. The van der Waals surface area contributed by atoms with Crippen LogP contribution in [0.2, 0.25) is 0 Å². The van der Waals surface area contributed by atoms with Crippen molar-refractivity contribution in [3.05, 3.63) is 52.6 Å². The first-order chi connectivity index (χ1) is 14.1. The molecule has 0 saturated carbocycles. The third-order valence-electron chi connectivity index (χ3n) is 5.40. The summed E-state index contributed by atoms with van der Waals surface area (Å²) in [6, 6.07) is 10.0. The Morgan fingerprint density at radius 3 is 2.76 bits per heavy atom. The molecule has 2 aromatic heterocycles. The zero-order valence-electron chi connectivity index (χ0n) is 16.4. The maximum absolute atomic E-state index is 13.9. The molecular weight excluding hydrogens is 375 g/mol. The number of unbranched alkanes of at least 4 members (excludes halogenated alkanes) is 2. The van der Waals surface area contributed by atoms with E-state index in [1.807, 2.05) is 18.2 Å². The average molecular weight is 400 g/mol. The summed E-state index contributed by atoms with van der Waals surface area (Å²) in [5.41, 5.74) is 1.86. The van der Waals surface area contributed by atoms with Gasteiger partial charge in [0.1, 0.15) is 24.3 Å². The van der Waals surface area contributed by atoms with Crippen LogP contribution in [0.5, 0.6) is 0 Å². The molecule has 1 saturated heterocycles. The van der Waals surface area contributed by atoms with Crippen molar-refractivity contribution in [3.8, 4) is 11.3 Å². The fraction of sp³-hybridized carbons (Fsp3) is 0.455. The van der Waals surface area contributed by atoms with Gasteiger partial charge in [-0.3, -0.25) is 4.57 Å². The molecule has 0 amide bonds. The van der Waals surface area contributed by atoms with E-state index < -0.39 is 30.8 Å². The summed E-state index contributed by atoms with van der Waals surface area (Å²) >= 11 is 0. The number of furan rings is 1. The summed E-state index contributed by atoms with van der Waals surface area (Å²) in [6.45, 7) is 1.77. The number of hydrogen-bond acceptors (Lipinski definition) is 5. The van der Waals surface area contributed by atoms with Crippen molar-refractivity contribution in [2.24, 2.45) is 0 Å². The van der Waals surface area contributed by atoms with Gasteiger partial charge >= 0.3 is 5.69 Å². The van der Waals surface area contributed by atoms with Crippen LogP contribution in [0.25, 0.3) is 22.4 Å². The molecule has 6 nitrogen and oxygen atoms in total. The zero-order valence-corrected chi connectivity index (χ0v) is 16.4. The van der Waals surface area contributed by atoms with Crippen LogP contribution in [0.4, 0.5) is 4.39 Å². The number of alkyl halides is 1. The van der Waals surface area contributed by atoms with E-state index in [1.165, 1.54) is 29.4 Å². The molecule has 3 heterocycles. The molecule has 4 rings (SSSR count). The van der Waals surface area contributed by atoms with Crippen LogP contribution in [0, 0.1) is 0 Å². The van der Waals surface area contributed by atoms with E-state index in [9.17, 15) is 9.18 Å². The summed E-state index contributed by atoms with van der Waals surface area (Å²) in [5, 5.41) is 9.81. The van der Waals surface area contributed by atoms with Gasteiger partial charge in [0, 0.05) is 18.2 Å². The van der Waals surface area contributed by atoms with Gasteiger partial charge in [-0.05, 0) is 24.5 Å². The Kier molecular flexibility index (Phi) is 5.78. The Balaban J connectivity index is 1.58. The molecule has 0 bridgehead atoms. The number of aryl methyl sites for hydroxylation is 1. The van der Waals surface area contributed by atoms with Gasteiger partial charge in [0.2, 0.25) is 5.71 Å². The van der Waals surface area contributed by atoms with Gasteiger partial charge in [0.25, 0.3) is 0 Å². The average Bonchev–Trinajstić information content (AvgIpc) is 3.30. The highest BCUT2D eigenvalue weighted by Gasteiger charge is 2.36. The molecule has 1 aromatic carbocycles. The molecule has 154 valence electrons. The molecule has 1 N–H and O–H groups in total. The van der Waals surface area contributed by atoms with Crippen LogP contribution in [-0.2, 0) is 11.2 Å². The Labute approximate surface area is 167 Å². The van der Waals surface area contributed by atoms with Crippen molar-refractivity contribution in [2.45, 2.75) is 57.5 Å². The lowest BCUT2D eigenvalue weighted by atomic mass is 10.0. The molecule has 1 fully saturated rings. The van der Waals surface area contributed by atoms with Crippen LogP contribution in [0.15, 0.2) is 45.7 Å². The number of aromatic nitrogens is 2.